The van der Waals surface area contributed by atoms with Gasteiger partial charge in [-0.2, -0.15) is 0 Å². The van der Waals surface area contributed by atoms with Crippen molar-refractivity contribution >= 4 is 17.2 Å². The maximum absolute atomic E-state index is 12.6. The molecule has 128 valence electrons. The Hall–Kier alpha value is -1.76. The molecule has 1 aromatic heterocycles. The predicted octanol–water partition coefficient (Wildman–Crippen LogP) is 2.08. The molecule has 1 amide bonds. The quantitative estimate of drug-likeness (QED) is 0.889. The third-order valence-electron chi connectivity index (χ3n) is 4.47. The van der Waals surface area contributed by atoms with Crippen LogP contribution in [-0.4, -0.2) is 51.3 Å². The maximum Gasteiger partial charge on any atom is 0.273 e. The molecular formula is C18H22N2O3S. The molecule has 0 bridgehead atoms. The van der Waals surface area contributed by atoms with Gasteiger partial charge < -0.3 is 15.1 Å². The van der Waals surface area contributed by atoms with Crippen LogP contribution in [0.15, 0.2) is 35.7 Å². The maximum atomic E-state index is 12.6. The Labute approximate surface area is 145 Å². The van der Waals surface area contributed by atoms with Crippen LogP contribution in [-0.2, 0) is 6.42 Å². The summed E-state index contributed by atoms with van der Waals surface area (Å²) in [5, 5.41) is 22.2. The van der Waals surface area contributed by atoms with Gasteiger partial charge in [0.25, 0.3) is 5.91 Å². The third kappa shape index (κ3) is 4.01. The van der Waals surface area contributed by atoms with Crippen LogP contribution in [0.4, 0.5) is 0 Å². The normalized spacial score (nSPS) is 21.5. The minimum absolute atomic E-state index is 0.0900. The Bertz CT molecular complexity index is 689. The fourth-order valence-corrected chi connectivity index (χ4v) is 3.77. The molecule has 1 aliphatic heterocycles. The number of carbonyl (C=O) groups excluding carboxylic acids is 1. The summed E-state index contributed by atoms with van der Waals surface area (Å²) in [5.74, 6) is -0.0900. The number of likely N-dealkylation sites (tertiary alicyclic amines) is 1. The Morgan fingerprint density at radius 3 is 2.79 bits per heavy atom. The van der Waals surface area contributed by atoms with Crippen LogP contribution in [0.2, 0.25) is 0 Å². The van der Waals surface area contributed by atoms with Crippen LogP contribution in [0.3, 0.4) is 0 Å². The van der Waals surface area contributed by atoms with E-state index in [0.717, 1.165) is 11.4 Å². The highest BCUT2D eigenvalue weighted by molar-refractivity contribution is 7.09. The number of aromatic nitrogens is 1. The predicted molar refractivity (Wildman–Crippen MR) is 93.2 cm³/mol. The molecular weight excluding hydrogens is 324 g/mol. The largest absolute Gasteiger partial charge is 0.393 e. The molecule has 1 aliphatic rings. The minimum Gasteiger partial charge on any atom is -0.393 e. The fraction of sp³-hybridized carbons (Fsp3) is 0.444. The van der Waals surface area contributed by atoms with Crippen molar-refractivity contribution in [3.63, 3.8) is 0 Å². The van der Waals surface area contributed by atoms with Gasteiger partial charge in [-0.1, -0.05) is 30.3 Å². The van der Waals surface area contributed by atoms with E-state index >= 15 is 0 Å². The summed E-state index contributed by atoms with van der Waals surface area (Å²) in [5.41, 5.74) is 0.587. The smallest absolute Gasteiger partial charge is 0.273 e. The van der Waals surface area contributed by atoms with Crippen LogP contribution in [0.5, 0.6) is 0 Å². The zero-order chi connectivity index (χ0) is 17.0. The lowest BCUT2D eigenvalue weighted by Gasteiger charge is -2.24. The van der Waals surface area contributed by atoms with Crippen LogP contribution >= 0.6 is 11.3 Å². The van der Waals surface area contributed by atoms with Crippen molar-refractivity contribution in [1.82, 2.24) is 9.88 Å². The highest BCUT2D eigenvalue weighted by Gasteiger charge is 2.31. The third-order valence-corrected chi connectivity index (χ3v) is 5.32. The van der Waals surface area contributed by atoms with E-state index in [0.29, 0.717) is 38.0 Å². The van der Waals surface area contributed by atoms with Gasteiger partial charge in [-0.3, -0.25) is 4.79 Å². The van der Waals surface area contributed by atoms with Gasteiger partial charge in [0.1, 0.15) is 5.69 Å². The highest BCUT2D eigenvalue weighted by atomic mass is 32.1. The van der Waals surface area contributed by atoms with Crippen molar-refractivity contribution in [2.45, 2.75) is 31.3 Å². The van der Waals surface area contributed by atoms with E-state index in [-0.39, 0.29) is 12.5 Å². The van der Waals surface area contributed by atoms with Gasteiger partial charge in [-0.15, -0.1) is 11.3 Å². The first-order valence-corrected chi connectivity index (χ1v) is 9.08. The molecule has 0 aliphatic carbocycles. The first-order chi connectivity index (χ1) is 11.6. The van der Waals surface area contributed by atoms with Crippen molar-refractivity contribution in [1.29, 1.82) is 0 Å². The molecule has 2 aromatic rings. The number of benzene rings is 1. The van der Waals surface area contributed by atoms with E-state index < -0.39 is 5.60 Å². The molecule has 1 fully saturated rings. The molecule has 5 nitrogen and oxygen atoms in total. The Morgan fingerprint density at radius 1 is 1.25 bits per heavy atom. The first-order valence-electron chi connectivity index (χ1n) is 8.20. The molecule has 1 atom stereocenters. The molecule has 1 saturated heterocycles. The van der Waals surface area contributed by atoms with E-state index in [4.69, 9.17) is 0 Å². The van der Waals surface area contributed by atoms with E-state index in [2.05, 4.69) is 4.98 Å². The molecule has 2 N–H and O–H groups in total. The van der Waals surface area contributed by atoms with E-state index in [1.54, 1.807) is 4.90 Å². The summed E-state index contributed by atoms with van der Waals surface area (Å²) in [4.78, 5) is 18.9. The summed E-state index contributed by atoms with van der Waals surface area (Å²) >= 11 is 1.50. The number of nitrogens with zero attached hydrogens (tertiary/aromatic N) is 2. The number of carbonyl (C=O) groups is 1. The zero-order valence-electron chi connectivity index (χ0n) is 13.5. The number of aliphatic hydroxyl groups is 2. The monoisotopic (exact) mass is 346 g/mol. The Kier molecular flexibility index (Phi) is 5.28. The van der Waals surface area contributed by atoms with Crippen molar-refractivity contribution in [3.8, 4) is 0 Å². The van der Waals surface area contributed by atoms with Crippen LogP contribution in [0, 0.1) is 0 Å². The van der Waals surface area contributed by atoms with E-state index in [1.165, 1.54) is 16.9 Å². The molecule has 6 heteroatoms. The molecule has 1 unspecified atom stereocenters. The second-order valence-electron chi connectivity index (χ2n) is 6.32. The number of thiazole rings is 1. The van der Waals surface area contributed by atoms with Crippen LogP contribution < -0.4 is 0 Å². The minimum atomic E-state index is -1.06. The van der Waals surface area contributed by atoms with Crippen molar-refractivity contribution in [2.75, 3.05) is 19.7 Å². The summed E-state index contributed by atoms with van der Waals surface area (Å²) in [7, 11) is 0. The first kappa shape index (κ1) is 17.1. The Morgan fingerprint density at radius 2 is 2.04 bits per heavy atom. The number of aliphatic hydroxyl groups excluding tert-OH is 1. The lowest BCUT2D eigenvalue weighted by molar-refractivity contribution is -0.0250. The SMILES string of the molecule is O=C(c1csc(Cc2ccccc2)n1)N1CCCC(O)(CO)CC1. The van der Waals surface area contributed by atoms with E-state index in [1.807, 2.05) is 35.7 Å². The molecule has 0 spiro atoms. The fourth-order valence-electron chi connectivity index (χ4n) is 2.96. The summed E-state index contributed by atoms with van der Waals surface area (Å²) in [6, 6.07) is 10.1. The van der Waals surface area contributed by atoms with Gasteiger partial charge in [0.15, 0.2) is 0 Å². The van der Waals surface area contributed by atoms with E-state index in [9.17, 15) is 15.0 Å². The van der Waals surface area contributed by atoms with Crippen molar-refractivity contribution < 1.29 is 15.0 Å². The second-order valence-corrected chi connectivity index (χ2v) is 7.26. The van der Waals surface area contributed by atoms with Gasteiger partial charge in [0.05, 0.1) is 17.2 Å². The zero-order valence-corrected chi connectivity index (χ0v) is 14.3. The lowest BCUT2D eigenvalue weighted by Crippen LogP contribution is -2.36. The second kappa shape index (κ2) is 7.42. The van der Waals surface area contributed by atoms with Gasteiger partial charge in [0, 0.05) is 24.9 Å². The van der Waals surface area contributed by atoms with Gasteiger partial charge in [0.2, 0.25) is 0 Å². The summed E-state index contributed by atoms with van der Waals surface area (Å²) < 4.78 is 0. The standard InChI is InChI=1S/C18H22N2O3S/c21-13-18(23)7-4-9-20(10-8-18)17(22)15-12-24-16(19-15)11-14-5-2-1-3-6-14/h1-3,5-6,12,21,23H,4,7-11,13H2. The lowest BCUT2D eigenvalue weighted by atomic mass is 9.96. The van der Waals surface area contributed by atoms with Gasteiger partial charge in [-0.05, 0) is 24.8 Å². The average Bonchev–Trinajstić information content (AvgIpc) is 2.97. The van der Waals surface area contributed by atoms with Gasteiger partial charge >= 0.3 is 0 Å². The average molecular weight is 346 g/mol. The summed E-state index contributed by atoms with van der Waals surface area (Å²) in [6.45, 7) is 0.779. The number of rotatable bonds is 4. The number of amides is 1. The number of hydrogen-bond acceptors (Lipinski definition) is 5. The molecule has 24 heavy (non-hydrogen) atoms. The molecule has 0 radical (unpaired) electrons. The molecule has 1 aromatic carbocycles. The highest BCUT2D eigenvalue weighted by Crippen LogP contribution is 2.23. The van der Waals surface area contributed by atoms with Crippen molar-refractivity contribution in [3.05, 3.63) is 52.0 Å². The summed E-state index contributed by atoms with van der Waals surface area (Å²) in [6.07, 6.45) is 2.33. The van der Waals surface area contributed by atoms with Crippen LogP contribution in [0.1, 0.15) is 40.3 Å². The van der Waals surface area contributed by atoms with Gasteiger partial charge in [-0.25, -0.2) is 4.98 Å². The molecule has 0 saturated carbocycles. The Balaban J connectivity index is 1.65. The molecule has 2 heterocycles. The van der Waals surface area contributed by atoms with Crippen molar-refractivity contribution in [2.24, 2.45) is 0 Å². The molecule has 3 rings (SSSR count). The number of hydrogen-bond donors (Lipinski definition) is 2. The topological polar surface area (TPSA) is 73.7 Å². The van der Waals surface area contributed by atoms with Crippen LogP contribution in [0.25, 0.3) is 0 Å².